The van der Waals surface area contributed by atoms with Gasteiger partial charge < -0.3 is 16.4 Å². The fourth-order valence-electron chi connectivity index (χ4n) is 2.71. The van der Waals surface area contributed by atoms with E-state index >= 15 is 0 Å². The molecular formula is C18H18FN5O4S. The first-order valence-electron chi connectivity index (χ1n) is 8.57. The molecule has 3 rings (SSSR count). The number of amides is 2. The summed E-state index contributed by atoms with van der Waals surface area (Å²) >= 11 is 1.30. The molecule has 3 unspecified atom stereocenters. The Hall–Kier alpha value is -3.02. The van der Waals surface area contributed by atoms with Crippen molar-refractivity contribution in [2.45, 2.75) is 23.5 Å². The Labute approximate surface area is 169 Å². The maximum atomic E-state index is 13.0. The summed E-state index contributed by atoms with van der Waals surface area (Å²) in [5, 5.41) is 19.0. The van der Waals surface area contributed by atoms with Crippen molar-refractivity contribution in [1.82, 2.24) is 16.0 Å². The van der Waals surface area contributed by atoms with E-state index in [9.17, 15) is 24.1 Å². The number of hydrogen-bond donors (Lipinski definition) is 4. The molecule has 11 heteroatoms. The molecule has 9 nitrogen and oxygen atoms in total. The molecule has 3 atom stereocenters. The van der Waals surface area contributed by atoms with Crippen LogP contribution in [0, 0.1) is 15.9 Å². The van der Waals surface area contributed by atoms with Crippen LogP contribution in [-0.4, -0.2) is 34.4 Å². The number of benzene rings is 2. The summed E-state index contributed by atoms with van der Waals surface area (Å²) in [5.41, 5.74) is 6.38. The number of nitrogens with two attached hydrogens (primary N) is 1. The highest BCUT2D eigenvalue weighted by Crippen LogP contribution is 2.21. The van der Waals surface area contributed by atoms with E-state index in [4.69, 9.17) is 5.73 Å². The van der Waals surface area contributed by atoms with E-state index in [1.165, 1.54) is 36.0 Å². The second-order valence-electron chi connectivity index (χ2n) is 6.28. The predicted molar refractivity (Wildman–Crippen MR) is 105 cm³/mol. The molecule has 0 spiro atoms. The van der Waals surface area contributed by atoms with Gasteiger partial charge in [-0.05, 0) is 29.8 Å². The van der Waals surface area contributed by atoms with Crippen LogP contribution in [0.2, 0.25) is 0 Å². The lowest BCUT2D eigenvalue weighted by Crippen LogP contribution is -2.70. The second-order valence-corrected chi connectivity index (χ2v) is 7.37. The second kappa shape index (κ2) is 8.99. The molecule has 0 aliphatic carbocycles. The Bertz CT molecular complexity index is 927. The number of nitrogens with zero attached hydrogens (tertiary/aromatic N) is 1. The number of nitro groups is 1. The van der Waals surface area contributed by atoms with Gasteiger partial charge in [0, 0.05) is 23.4 Å². The lowest BCUT2D eigenvalue weighted by Gasteiger charge is -2.35. The summed E-state index contributed by atoms with van der Waals surface area (Å²) in [5.74, 6) is -1.09. The summed E-state index contributed by atoms with van der Waals surface area (Å²) < 4.78 is 13.0. The molecule has 152 valence electrons. The average molecular weight is 419 g/mol. The molecule has 29 heavy (non-hydrogen) atoms. The zero-order chi connectivity index (χ0) is 21.0. The minimum absolute atomic E-state index is 0.0102. The van der Waals surface area contributed by atoms with Crippen LogP contribution >= 0.6 is 11.8 Å². The van der Waals surface area contributed by atoms with Crippen molar-refractivity contribution in [3.8, 4) is 0 Å². The van der Waals surface area contributed by atoms with Gasteiger partial charge in [-0.3, -0.25) is 25.0 Å². The Morgan fingerprint density at radius 1 is 1.28 bits per heavy atom. The standard InChI is InChI=1S/C18H18FN5O4S/c19-12-6-4-11(5-7-12)16(25)21-14-15(20)22-18(23-17(14)26)29-9-10-2-1-3-13(8-10)24(27)28/h1-8,14-15,18,22H,9,20H2,(H,21,25)(H,23,26). The number of non-ortho nitro benzene ring substituents is 1. The molecule has 1 saturated heterocycles. The molecule has 5 N–H and O–H groups in total. The third kappa shape index (κ3) is 5.28. The van der Waals surface area contributed by atoms with Crippen LogP contribution in [0.1, 0.15) is 15.9 Å². The summed E-state index contributed by atoms with van der Waals surface area (Å²) in [7, 11) is 0. The highest BCUT2D eigenvalue weighted by molar-refractivity contribution is 7.99. The Balaban J connectivity index is 1.56. The van der Waals surface area contributed by atoms with Gasteiger partial charge in [0.1, 0.15) is 17.4 Å². The third-order valence-corrected chi connectivity index (χ3v) is 5.28. The monoisotopic (exact) mass is 419 g/mol. The number of rotatable bonds is 6. The third-order valence-electron chi connectivity index (χ3n) is 4.19. The van der Waals surface area contributed by atoms with E-state index in [0.29, 0.717) is 5.75 Å². The topological polar surface area (TPSA) is 139 Å². The van der Waals surface area contributed by atoms with Gasteiger partial charge in [0.15, 0.2) is 0 Å². The predicted octanol–water partition coefficient (Wildman–Crippen LogP) is 1.05. The lowest BCUT2D eigenvalue weighted by molar-refractivity contribution is -0.384. The van der Waals surface area contributed by atoms with Gasteiger partial charge in [0.05, 0.1) is 11.1 Å². The van der Waals surface area contributed by atoms with Crippen LogP contribution in [0.25, 0.3) is 0 Å². The van der Waals surface area contributed by atoms with E-state index in [-0.39, 0.29) is 11.3 Å². The highest BCUT2D eigenvalue weighted by Gasteiger charge is 2.35. The Morgan fingerprint density at radius 3 is 2.66 bits per heavy atom. The Morgan fingerprint density at radius 2 is 2.00 bits per heavy atom. The van der Waals surface area contributed by atoms with E-state index in [0.717, 1.165) is 17.7 Å². The molecule has 1 fully saturated rings. The fourth-order valence-corrected chi connectivity index (χ4v) is 3.70. The van der Waals surface area contributed by atoms with E-state index in [2.05, 4.69) is 16.0 Å². The minimum atomic E-state index is -1.01. The maximum Gasteiger partial charge on any atom is 0.269 e. The minimum Gasteiger partial charge on any atom is -0.338 e. The van der Waals surface area contributed by atoms with Crippen molar-refractivity contribution in [3.63, 3.8) is 0 Å². The smallest absolute Gasteiger partial charge is 0.269 e. The number of carbonyl (C=O) groups excluding carboxylic acids is 2. The zero-order valence-corrected chi connectivity index (χ0v) is 15.8. The van der Waals surface area contributed by atoms with Crippen LogP contribution < -0.4 is 21.7 Å². The number of nitro benzene ring substituents is 1. The van der Waals surface area contributed by atoms with Crippen molar-refractivity contribution in [1.29, 1.82) is 0 Å². The van der Waals surface area contributed by atoms with E-state index in [1.807, 2.05) is 0 Å². The molecule has 1 heterocycles. The number of halogens is 1. The number of thioether (sulfide) groups is 1. The van der Waals surface area contributed by atoms with Crippen molar-refractivity contribution in [2.75, 3.05) is 0 Å². The normalized spacial score (nSPS) is 21.3. The van der Waals surface area contributed by atoms with Gasteiger partial charge in [-0.25, -0.2) is 4.39 Å². The molecule has 1 aliphatic rings. The highest BCUT2D eigenvalue weighted by atomic mass is 32.2. The first-order chi connectivity index (χ1) is 13.8. The van der Waals surface area contributed by atoms with Crippen molar-refractivity contribution in [3.05, 3.63) is 75.6 Å². The van der Waals surface area contributed by atoms with Crippen molar-refractivity contribution in [2.24, 2.45) is 5.73 Å². The van der Waals surface area contributed by atoms with Gasteiger partial charge in [-0.15, -0.1) is 11.8 Å². The number of carbonyl (C=O) groups is 2. The quantitative estimate of drug-likeness (QED) is 0.405. The molecule has 2 aromatic carbocycles. The van der Waals surface area contributed by atoms with Gasteiger partial charge >= 0.3 is 0 Å². The summed E-state index contributed by atoms with van der Waals surface area (Å²) in [6, 6.07) is 10.1. The molecule has 2 amide bonds. The van der Waals surface area contributed by atoms with Gasteiger partial charge in [-0.2, -0.15) is 0 Å². The molecule has 0 radical (unpaired) electrons. The fraction of sp³-hybridized carbons (Fsp3) is 0.222. The molecule has 0 bridgehead atoms. The first kappa shape index (κ1) is 20.7. The average Bonchev–Trinajstić information content (AvgIpc) is 2.69. The van der Waals surface area contributed by atoms with E-state index < -0.39 is 40.3 Å². The summed E-state index contributed by atoms with van der Waals surface area (Å²) in [6.07, 6.45) is -0.851. The lowest BCUT2D eigenvalue weighted by atomic mass is 10.1. The van der Waals surface area contributed by atoms with Gasteiger partial charge in [-0.1, -0.05) is 12.1 Å². The number of nitrogens with one attached hydrogen (secondary N) is 3. The Kier molecular flexibility index (Phi) is 6.42. The maximum absolute atomic E-state index is 13.0. The van der Waals surface area contributed by atoms with Crippen LogP contribution in [0.3, 0.4) is 0 Å². The van der Waals surface area contributed by atoms with E-state index in [1.54, 1.807) is 12.1 Å². The SMILES string of the molecule is NC1NC(SCc2cccc([N+](=O)[O-])c2)NC(=O)C1NC(=O)c1ccc(F)cc1. The first-order valence-corrected chi connectivity index (χ1v) is 9.62. The largest absolute Gasteiger partial charge is 0.338 e. The van der Waals surface area contributed by atoms with Crippen LogP contribution in [-0.2, 0) is 10.5 Å². The molecule has 1 aliphatic heterocycles. The van der Waals surface area contributed by atoms with Gasteiger partial charge in [0.25, 0.3) is 11.6 Å². The number of hydrogen-bond acceptors (Lipinski definition) is 7. The molecular weight excluding hydrogens is 401 g/mol. The van der Waals surface area contributed by atoms with Crippen molar-refractivity contribution >= 4 is 29.3 Å². The van der Waals surface area contributed by atoms with Crippen LogP contribution in [0.4, 0.5) is 10.1 Å². The summed E-state index contributed by atoms with van der Waals surface area (Å²) in [6.45, 7) is 0. The molecule has 0 saturated carbocycles. The molecule has 0 aromatic heterocycles. The summed E-state index contributed by atoms with van der Waals surface area (Å²) in [4.78, 5) is 35.0. The van der Waals surface area contributed by atoms with Crippen LogP contribution in [0.5, 0.6) is 0 Å². The zero-order valence-electron chi connectivity index (χ0n) is 15.0. The van der Waals surface area contributed by atoms with Crippen molar-refractivity contribution < 1.29 is 18.9 Å². The van der Waals surface area contributed by atoms with Crippen LogP contribution in [0.15, 0.2) is 48.5 Å². The van der Waals surface area contributed by atoms with Gasteiger partial charge in [0.2, 0.25) is 5.91 Å². The molecule has 2 aromatic rings.